The van der Waals surface area contributed by atoms with Crippen LogP contribution in [0.15, 0.2) is 54.6 Å². The van der Waals surface area contributed by atoms with Gasteiger partial charge >= 0.3 is 5.97 Å². The molecule has 0 amide bonds. The van der Waals surface area contributed by atoms with E-state index in [1.807, 2.05) is 78.4 Å². The van der Waals surface area contributed by atoms with Crippen LogP contribution >= 0.6 is 0 Å². The summed E-state index contributed by atoms with van der Waals surface area (Å²) in [6.45, 7) is 4.10. The van der Waals surface area contributed by atoms with Gasteiger partial charge in [-0.05, 0) is 55.5 Å². The van der Waals surface area contributed by atoms with Crippen LogP contribution in [-0.4, -0.2) is 70.5 Å². The van der Waals surface area contributed by atoms with Crippen molar-refractivity contribution in [3.05, 3.63) is 60.2 Å². The van der Waals surface area contributed by atoms with Gasteiger partial charge in [0.2, 0.25) is 17.8 Å². The molecule has 1 aliphatic rings. The third-order valence-electron chi connectivity index (χ3n) is 6.61. The molecule has 38 heavy (non-hydrogen) atoms. The third-order valence-corrected chi connectivity index (χ3v) is 6.61. The number of benzene rings is 2. The minimum absolute atomic E-state index is 0.379. The van der Waals surface area contributed by atoms with Gasteiger partial charge in [0.05, 0.1) is 18.6 Å². The number of likely N-dealkylation sites (N-methyl/N-ethyl adjacent to an activating group) is 1. The van der Waals surface area contributed by atoms with Crippen LogP contribution in [0, 0.1) is 5.92 Å². The van der Waals surface area contributed by atoms with Crippen molar-refractivity contribution in [1.82, 2.24) is 15.0 Å². The van der Waals surface area contributed by atoms with E-state index in [2.05, 4.69) is 15.3 Å². The fourth-order valence-corrected chi connectivity index (χ4v) is 4.32. The molecule has 0 saturated carbocycles. The first kappa shape index (κ1) is 27.1. The van der Waals surface area contributed by atoms with E-state index in [0.29, 0.717) is 50.4 Å². The fraction of sp³-hybridized carbons (Fsp3) is 0.429. The third kappa shape index (κ3) is 7.55. The van der Waals surface area contributed by atoms with E-state index in [0.717, 1.165) is 36.4 Å². The number of nitrogens with zero attached hydrogens (tertiary/aromatic N) is 5. The van der Waals surface area contributed by atoms with Crippen LogP contribution in [0.1, 0.15) is 31.7 Å². The minimum Gasteiger partial charge on any atom is -0.492 e. The van der Waals surface area contributed by atoms with Crippen LogP contribution in [0.2, 0.25) is 0 Å². The van der Waals surface area contributed by atoms with E-state index in [1.54, 1.807) is 0 Å². The molecular formula is C28H36N6O4. The highest BCUT2D eigenvalue weighted by Gasteiger charge is 2.22. The molecule has 1 aliphatic heterocycles. The number of aliphatic carboxylic acids is 1. The number of ether oxygens (including phenoxy) is 1. The smallest absolute Gasteiger partial charge is 0.306 e. The number of para-hydroxylation sites is 1. The molecule has 1 fully saturated rings. The minimum atomic E-state index is -0.768. The molecule has 10 heteroatoms. The Hall–Kier alpha value is -3.92. The maximum absolute atomic E-state index is 11.3. The average molecular weight is 521 g/mol. The second kappa shape index (κ2) is 13.0. The molecule has 10 nitrogen and oxygen atoms in total. The molecule has 2 heterocycles. The zero-order valence-corrected chi connectivity index (χ0v) is 22.0. The van der Waals surface area contributed by atoms with Crippen molar-refractivity contribution in [3.63, 3.8) is 0 Å². The van der Waals surface area contributed by atoms with Gasteiger partial charge in [0.15, 0.2) is 0 Å². The van der Waals surface area contributed by atoms with Crippen molar-refractivity contribution in [2.24, 2.45) is 5.92 Å². The van der Waals surface area contributed by atoms with Crippen LogP contribution in [0.3, 0.4) is 0 Å². The molecule has 0 spiro atoms. The number of carboxylic acids is 1. The normalized spacial score (nSPS) is 16.1. The molecule has 1 aromatic heterocycles. The van der Waals surface area contributed by atoms with Crippen molar-refractivity contribution in [3.8, 4) is 5.75 Å². The van der Waals surface area contributed by atoms with Gasteiger partial charge in [-0.2, -0.15) is 15.0 Å². The van der Waals surface area contributed by atoms with E-state index in [4.69, 9.17) is 9.72 Å². The van der Waals surface area contributed by atoms with Gasteiger partial charge in [-0.3, -0.25) is 4.79 Å². The van der Waals surface area contributed by atoms with Crippen LogP contribution in [0.25, 0.3) is 0 Å². The Morgan fingerprint density at radius 2 is 1.92 bits per heavy atom. The summed E-state index contributed by atoms with van der Waals surface area (Å²) in [5, 5.41) is 22.7. The fourth-order valence-electron chi connectivity index (χ4n) is 4.32. The van der Waals surface area contributed by atoms with Gasteiger partial charge in [-0.1, -0.05) is 37.3 Å². The summed E-state index contributed by atoms with van der Waals surface area (Å²) < 4.78 is 5.93. The lowest BCUT2D eigenvalue weighted by Crippen LogP contribution is -2.39. The quantitative estimate of drug-likeness (QED) is 0.325. The standard InChI is InChI=1S/C28H36N6O4/c1-3-21(25(36)37)18-20-11-13-24(14-12-20)38-17-16-33(2)27-30-26(29-22-8-5-4-6-9-22)31-28(32-27)34-15-7-10-23(35)19-34/h4-6,8-9,11-14,21,23,35H,3,7,10,15-19H2,1-2H3,(H,36,37)(H,29,30,31,32). The predicted molar refractivity (Wildman–Crippen MR) is 147 cm³/mol. The van der Waals surface area contributed by atoms with Crippen LogP contribution in [0.5, 0.6) is 5.75 Å². The van der Waals surface area contributed by atoms with Gasteiger partial charge in [0.25, 0.3) is 0 Å². The maximum Gasteiger partial charge on any atom is 0.306 e. The zero-order valence-electron chi connectivity index (χ0n) is 22.0. The largest absolute Gasteiger partial charge is 0.492 e. The van der Waals surface area contributed by atoms with Crippen molar-refractivity contribution in [2.75, 3.05) is 48.4 Å². The number of rotatable bonds is 12. The molecule has 3 N–H and O–H groups in total. The molecule has 1 saturated heterocycles. The number of hydrogen-bond acceptors (Lipinski definition) is 9. The Bertz CT molecular complexity index is 1180. The number of hydrogen-bond donors (Lipinski definition) is 3. The van der Waals surface area contributed by atoms with Crippen molar-refractivity contribution >= 4 is 29.5 Å². The number of aliphatic hydroxyl groups is 1. The molecule has 4 rings (SSSR count). The number of nitrogens with one attached hydrogen (secondary N) is 1. The van der Waals surface area contributed by atoms with Gasteiger partial charge < -0.3 is 30.1 Å². The molecule has 3 aromatic rings. The van der Waals surface area contributed by atoms with E-state index in [9.17, 15) is 15.0 Å². The van der Waals surface area contributed by atoms with E-state index < -0.39 is 12.1 Å². The highest BCUT2D eigenvalue weighted by Crippen LogP contribution is 2.22. The Morgan fingerprint density at radius 3 is 2.61 bits per heavy atom. The molecule has 0 radical (unpaired) electrons. The van der Waals surface area contributed by atoms with Gasteiger partial charge in [-0.15, -0.1) is 0 Å². The van der Waals surface area contributed by atoms with Crippen LogP contribution < -0.4 is 19.9 Å². The van der Waals surface area contributed by atoms with Gasteiger partial charge in [0, 0.05) is 25.8 Å². The Kier molecular flexibility index (Phi) is 9.31. The first-order valence-corrected chi connectivity index (χ1v) is 13.1. The van der Waals surface area contributed by atoms with Gasteiger partial charge in [0.1, 0.15) is 12.4 Å². The molecule has 2 atom stereocenters. The predicted octanol–water partition coefficient (Wildman–Crippen LogP) is 3.74. The highest BCUT2D eigenvalue weighted by atomic mass is 16.5. The lowest BCUT2D eigenvalue weighted by atomic mass is 9.97. The topological polar surface area (TPSA) is 124 Å². The second-order valence-corrected chi connectivity index (χ2v) is 9.55. The maximum atomic E-state index is 11.3. The first-order valence-electron chi connectivity index (χ1n) is 13.1. The molecule has 0 aliphatic carbocycles. The van der Waals surface area contributed by atoms with Crippen LogP contribution in [0.4, 0.5) is 23.5 Å². The molecule has 202 valence electrons. The Morgan fingerprint density at radius 1 is 1.16 bits per heavy atom. The number of piperidine rings is 1. The van der Waals surface area contributed by atoms with E-state index in [-0.39, 0.29) is 5.92 Å². The Balaban J connectivity index is 1.41. The van der Waals surface area contributed by atoms with Crippen LogP contribution in [-0.2, 0) is 11.2 Å². The summed E-state index contributed by atoms with van der Waals surface area (Å²) in [7, 11) is 1.90. The SMILES string of the molecule is CCC(Cc1ccc(OCCN(C)c2nc(Nc3ccccc3)nc(N3CCCC(O)C3)n2)cc1)C(=O)O. The summed E-state index contributed by atoms with van der Waals surface area (Å²) in [4.78, 5) is 29.2. The first-order chi connectivity index (χ1) is 18.4. The van der Waals surface area contributed by atoms with E-state index in [1.165, 1.54) is 0 Å². The monoisotopic (exact) mass is 520 g/mol. The highest BCUT2D eigenvalue weighted by molar-refractivity contribution is 5.70. The van der Waals surface area contributed by atoms with Crippen molar-refractivity contribution < 1.29 is 19.7 Å². The average Bonchev–Trinajstić information content (AvgIpc) is 2.92. The Labute approximate surface area is 223 Å². The lowest BCUT2D eigenvalue weighted by molar-refractivity contribution is -0.141. The molecule has 2 unspecified atom stereocenters. The number of carboxylic acid groups (broad SMARTS) is 1. The zero-order chi connectivity index (χ0) is 26.9. The summed E-state index contributed by atoms with van der Waals surface area (Å²) in [5.74, 6) is 1.04. The summed E-state index contributed by atoms with van der Waals surface area (Å²) in [5.41, 5.74) is 1.85. The van der Waals surface area contributed by atoms with Crippen molar-refractivity contribution in [1.29, 1.82) is 0 Å². The summed E-state index contributed by atoms with van der Waals surface area (Å²) in [6.07, 6.45) is 2.36. The summed E-state index contributed by atoms with van der Waals surface area (Å²) in [6, 6.07) is 17.3. The number of aromatic nitrogens is 3. The summed E-state index contributed by atoms with van der Waals surface area (Å²) >= 11 is 0. The van der Waals surface area contributed by atoms with Crippen molar-refractivity contribution in [2.45, 2.75) is 38.7 Å². The number of anilines is 4. The molecule has 2 aromatic carbocycles. The number of β-amino-alcohol motifs (C(OH)–C–C–N with tert-alkyl or cyclic N) is 1. The molecule has 0 bridgehead atoms. The molecular weight excluding hydrogens is 484 g/mol. The second-order valence-electron chi connectivity index (χ2n) is 9.55. The number of aliphatic hydroxyl groups excluding tert-OH is 1. The number of carbonyl (C=O) groups is 1. The lowest BCUT2D eigenvalue weighted by Gasteiger charge is -2.30. The van der Waals surface area contributed by atoms with Gasteiger partial charge in [-0.25, -0.2) is 0 Å². The van der Waals surface area contributed by atoms with E-state index >= 15 is 0 Å².